The first-order valence-electron chi connectivity index (χ1n) is 4.82. The van der Waals surface area contributed by atoms with E-state index in [-0.39, 0.29) is 5.41 Å². The van der Waals surface area contributed by atoms with Gasteiger partial charge in [0, 0.05) is 22.9 Å². The van der Waals surface area contributed by atoms with E-state index < -0.39 is 0 Å². The molecule has 0 unspecified atom stereocenters. The van der Waals surface area contributed by atoms with E-state index in [0.29, 0.717) is 6.54 Å². The molecule has 0 spiro atoms. The molecule has 0 radical (unpaired) electrons. The van der Waals surface area contributed by atoms with Crippen molar-refractivity contribution in [3.05, 3.63) is 36.1 Å². The number of hydrogen-bond donors (Lipinski definition) is 1. The molecular weight excluding hydrogens is 174 g/mol. The number of rotatable bonds is 2. The molecule has 14 heavy (non-hydrogen) atoms. The Hall–Kier alpha value is -1.28. The van der Waals surface area contributed by atoms with Crippen LogP contribution in [0.4, 0.5) is 0 Å². The molecule has 0 saturated carbocycles. The molecule has 0 aliphatic rings. The zero-order chi connectivity index (χ0) is 10.2. The van der Waals surface area contributed by atoms with Gasteiger partial charge in [-0.3, -0.25) is 0 Å². The van der Waals surface area contributed by atoms with Crippen LogP contribution in [0.1, 0.15) is 19.4 Å². The Bertz CT molecular complexity index is 442. The van der Waals surface area contributed by atoms with Crippen LogP contribution in [0.5, 0.6) is 0 Å². The summed E-state index contributed by atoms with van der Waals surface area (Å²) in [5.41, 5.74) is 7.85. The van der Waals surface area contributed by atoms with Crippen LogP contribution >= 0.6 is 0 Å². The van der Waals surface area contributed by atoms with Gasteiger partial charge in [-0.1, -0.05) is 32.0 Å². The van der Waals surface area contributed by atoms with Crippen LogP contribution in [0, 0.1) is 0 Å². The number of hydrogen-bond acceptors (Lipinski definition) is 2. The van der Waals surface area contributed by atoms with Crippen molar-refractivity contribution in [1.82, 2.24) is 0 Å². The minimum Gasteiger partial charge on any atom is -0.464 e. The molecule has 2 nitrogen and oxygen atoms in total. The van der Waals surface area contributed by atoms with Crippen LogP contribution in [0.15, 0.2) is 34.9 Å². The van der Waals surface area contributed by atoms with Crippen molar-refractivity contribution < 1.29 is 4.42 Å². The number of furan rings is 1. The lowest BCUT2D eigenvalue weighted by molar-refractivity contribution is 0.523. The van der Waals surface area contributed by atoms with E-state index in [9.17, 15) is 0 Å². The van der Waals surface area contributed by atoms with Crippen molar-refractivity contribution >= 4 is 11.0 Å². The second-order valence-corrected chi connectivity index (χ2v) is 4.23. The molecule has 2 N–H and O–H groups in total. The number of nitrogens with two attached hydrogens (primary N) is 1. The summed E-state index contributed by atoms with van der Waals surface area (Å²) in [6.45, 7) is 4.88. The Morgan fingerprint density at radius 1 is 1.29 bits per heavy atom. The third kappa shape index (κ3) is 1.32. The van der Waals surface area contributed by atoms with Crippen molar-refractivity contribution in [2.45, 2.75) is 19.3 Å². The molecule has 2 aromatic rings. The normalized spacial score (nSPS) is 12.2. The lowest BCUT2D eigenvalue weighted by Gasteiger charge is -2.20. The summed E-state index contributed by atoms with van der Waals surface area (Å²) in [7, 11) is 0. The number of para-hydroxylation sites is 1. The second kappa shape index (κ2) is 3.14. The summed E-state index contributed by atoms with van der Waals surface area (Å²) in [5.74, 6) is 0. The Balaban J connectivity index is 2.64. The highest BCUT2D eigenvalue weighted by Crippen LogP contribution is 2.30. The van der Waals surface area contributed by atoms with E-state index in [1.807, 2.05) is 24.5 Å². The third-order valence-electron chi connectivity index (χ3n) is 2.72. The highest BCUT2D eigenvalue weighted by Gasteiger charge is 2.22. The highest BCUT2D eigenvalue weighted by molar-refractivity contribution is 5.82. The molecule has 0 aliphatic carbocycles. The fourth-order valence-corrected chi connectivity index (χ4v) is 1.61. The topological polar surface area (TPSA) is 39.2 Å². The van der Waals surface area contributed by atoms with Crippen LogP contribution in [-0.4, -0.2) is 6.54 Å². The number of benzene rings is 1. The maximum atomic E-state index is 5.75. The zero-order valence-electron chi connectivity index (χ0n) is 8.58. The van der Waals surface area contributed by atoms with Crippen molar-refractivity contribution in [3.63, 3.8) is 0 Å². The fraction of sp³-hybridized carbons (Fsp3) is 0.333. The summed E-state index contributed by atoms with van der Waals surface area (Å²) in [4.78, 5) is 0. The van der Waals surface area contributed by atoms with Crippen LogP contribution in [-0.2, 0) is 5.41 Å². The minimum atomic E-state index is -0.0212. The first kappa shape index (κ1) is 9.28. The van der Waals surface area contributed by atoms with Crippen molar-refractivity contribution in [3.8, 4) is 0 Å². The molecule has 1 aromatic heterocycles. The smallest absolute Gasteiger partial charge is 0.134 e. The van der Waals surface area contributed by atoms with E-state index in [0.717, 1.165) is 5.58 Å². The standard InChI is InChI=1S/C12H15NO/c1-12(2,8-13)10-7-14-11-6-4-3-5-9(10)11/h3-7H,8,13H2,1-2H3. The first-order valence-corrected chi connectivity index (χ1v) is 4.82. The SMILES string of the molecule is CC(C)(CN)c1coc2ccccc12. The molecule has 2 rings (SSSR count). The van der Waals surface area contributed by atoms with Crippen molar-refractivity contribution in [2.24, 2.45) is 5.73 Å². The van der Waals surface area contributed by atoms with Gasteiger partial charge in [-0.2, -0.15) is 0 Å². The molecular formula is C12H15NO. The largest absolute Gasteiger partial charge is 0.464 e. The van der Waals surface area contributed by atoms with Gasteiger partial charge in [-0.15, -0.1) is 0 Å². The fourth-order valence-electron chi connectivity index (χ4n) is 1.61. The van der Waals surface area contributed by atoms with Crippen LogP contribution < -0.4 is 5.73 Å². The molecule has 0 saturated heterocycles. The van der Waals surface area contributed by atoms with Gasteiger partial charge in [-0.25, -0.2) is 0 Å². The molecule has 2 heteroatoms. The minimum absolute atomic E-state index is 0.0212. The predicted molar refractivity (Wildman–Crippen MR) is 58.3 cm³/mol. The molecule has 0 aliphatic heterocycles. The maximum Gasteiger partial charge on any atom is 0.134 e. The van der Waals surface area contributed by atoms with Gasteiger partial charge < -0.3 is 10.2 Å². The summed E-state index contributed by atoms with van der Waals surface area (Å²) in [5, 5.41) is 1.17. The average Bonchev–Trinajstić information content (AvgIpc) is 2.61. The maximum absolute atomic E-state index is 5.75. The van der Waals surface area contributed by atoms with Gasteiger partial charge in [0.05, 0.1) is 6.26 Å². The highest BCUT2D eigenvalue weighted by atomic mass is 16.3. The van der Waals surface area contributed by atoms with Crippen LogP contribution in [0.2, 0.25) is 0 Å². The molecule has 1 heterocycles. The van der Waals surface area contributed by atoms with E-state index in [1.165, 1.54) is 10.9 Å². The van der Waals surface area contributed by atoms with Crippen LogP contribution in [0.3, 0.4) is 0 Å². The molecule has 0 amide bonds. The van der Waals surface area contributed by atoms with E-state index in [4.69, 9.17) is 10.2 Å². The molecule has 74 valence electrons. The average molecular weight is 189 g/mol. The Morgan fingerprint density at radius 2 is 2.00 bits per heavy atom. The van der Waals surface area contributed by atoms with Crippen LogP contribution in [0.25, 0.3) is 11.0 Å². The molecule has 0 bridgehead atoms. The Labute approximate surface area is 83.7 Å². The Kier molecular flexibility index (Phi) is 2.08. The van der Waals surface area contributed by atoms with Crippen molar-refractivity contribution in [1.29, 1.82) is 0 Å². The van der Waals surface area contributed by atoms with Gasteiger partial charge in [-0.05, 0) is 6.07 Å². The van der Waals surface area contributed by atoms with E-state index >= 15 is 0 Å². The monoisotopic (exact) mass is 189 g/mol. The molecule has 1 aromatic carbocycles. The van der Waals surface area contributed by atoms with Gasteiger partial charge in [0.15, 0.2) is 0 Å². The lowest BCUT2D eigenvalue weighted by atomic mass is 9.85. The lowest BCUT2D eigenvalue weighted by Crippen LogP contribution is -2.27. The quantitative estimate of drug-likeness (QED) is 0.788. The van der Waals surface area contributed by atoms with Crippen molar-refractivity contribution in [2.75, 3.05) is 6.54 Å². The van der Waals surface area contributed by atoms with E-state index in [1.54, 1.807) is 0 Å². The van der Waals surface area contributed by atoms with Gasteiger partial charge in [0.1, 0.15) is 5.58 Å². The summed E-state index contributed by atoms with van der Waals surface area (Å²) in [6.07, 6.45) is 1.82. The van der Waals surface area contributed by atoms with Gasteiger partial charge in [0.25, 0.3) is 0 Å². The summed E-state index contributed by atoms with van der Waals surface area (Å²) < 4.78 is 5.48. The zero-order valence-corrected chi connectivity index (χ0v) is 8.58. The van der Waals surface area contributed by atoms with Gasteiger partial charge >= 0.3 is 0 Å². The summed E-state index contributed by atoms with van der Waals surface area (Å²) in [6, 6.07) is 8.05. The molecule has 0 fully saturated rings. The second-order valence-electron chi connectivity index (χ2n) is 4.23. The van der Waals surface area contributed by atoms with Gasteiger partial charge in [0.2, 0.25) is 0 Å². The van der Waals surface area contributed by atoms with E-state index in [2.05, 4.69) is 19.9 Å². The number of fused-ring (bicyclic) bond motifs is 1. The Morgan fingerprint density at radius 3 is 2.71 bits per heavy atom. The predicted octanol–water partition coefficient (Wildman–Crippen LogP) is 2.67. The first-order chi connectivity index (χ1) is 6.65. The third-order valence-corrected chi connectivity index (χ3v) is 2.72. The summed E-state index contributed by atoms with van der Waals surface area (Å²) >= 11 is 0. The molecule has 0 atom stereocenters.